The predicted molar refractivity (Wildman–Crippen MR) is 75.8 cm³/mol. The molecule has 3 nitrogen and oxygen atoms in total. The summed E-state index contributed by atoms with van der Waals surface area (Å²) in [5, 5.41) is 4.86. The highest BCUT2D eigenvalue weighted by molar-refractivity contribution is 7.10. The average Bonchev–Trinajstić information content (AvgIpc) is 2.86. The fourth-order valence-electron chi connectivity index (χ4n) is 2.37. The number of rotatable bonds is 2. The SMILES string of the molecule is Cc1sccc1C(=O)NC1CCOc2ccc(F)cc21. The van der Waals surface area contributed by atoms with Crippen molar-refractivity contribution in [2.45, 2.75) is 19.4 Å². The molecule has 1 aliphatic rings. The number of hydrogen-bond donors (Lipinski definition) is 1. The largest absolute Gasteiger partial charge is 0.493 e. The lowest BCUT2D eigenvalue weighted by Crippen LogP contribution is -2.32. The molecule has 1 N–H and O–H groups in total. The maximum absolute atomic E-state index is 13.4. The van der Waals surface area contributed by atoms with E-state index >= 15 is 0 Å². The standard InChI is InChI=1S/C15H14FNO2S/c1-9-11(5-7-20-9)15(18)17-13-4-6-19-14-3-2-10(16)8-12(13)14/h2-3,5,7-8,13H,4,6H2,1H3,(H,17,18). The van der Waals surface area contributed by atoms with Gasteiger partial charge in [0, 0.05) is 16.9 Å². The summed E-state index contributed by atoms with van der Waals surface area (Å²) in [6.45, 7) is 2.43. The summed E-state index contributed by atoms with van der Waals surface area (Å²) in [6.07, 6.45) is 0.644. The van der Waals surface area contributed by atoms with E-state index < -0.39 is 0 Å². The molecule has 1 aliphatic heterocycles. The summed E-state index contributed by atoms with van der Waals surface area (Å²) < 4.78 is 18.9. The first kappa shape index (κ1) is 13.1. The second kappa shape index (κ2) is 5.25. The van der Waals surface area contributed by atoms with Crippen LogP contribution in [0.5, 0.6) is 5.75 Å². The molecule has 0 fully saturated rings. The van der Waals surface area contributed by atoms with Gasteiger partial charge < -0.3 is 10.1 Å². The van der Waals surface area contributed by atoms with Crippen molar-refractivity contribution in [1.29, 1.82) is 0 Å². The van der Waals surface area contributed by atoms with Crippen molar-refractivity contribution in [3.8, 4) is 5.75 Å². The van der Waals surface area contributed by atoms with Gasteiger partial charge >= 0.3 is 0 Å². The molecule has 1 amide bonds. The van der Waals surface area contributed by atoms with Crippen LogP contribution in [0, 0.1) is 12.7 Å². The number of fused-ring (bicyclic) bond motifs is 1. The van der Waals surface area contributed by atoms with Gasteiger partial charge in [-0.1, -0.05) is 0 Å². The molecule has 0 spiro atoms. The highest BCUT2D eigenvalue weighted by Crippen LogP contribution is 2.32. The number of halogens is 1. The smallest absolute Gasteiger partial charge is 0.252 e. The highest BCUT2D eigenvalue weighted by Gasteiger charge is 2.24. The predicted octanol–water partition coefficient (Wildman–Crippen LogP) is 3.45. The van der Waals surface area contributed by atoms with Crippen molar-refractivity contribution >= 4 is 17.2 Å². The minimum atomic E-state index is -0.319. The summed E-state index contributed by atoms with van der Waals surface area (Å²) in [4.78, 5) is 13.2. The normalized spacial score (nSPS) is 17.2. The fraction of sp³-hybridized carbons (Fsp3) is 0.267. The third-order valence-electron chi connectivity index (χ3n) is 3.42. The number of carbonyl (C=O) groups excluding carboxylic acids is 1. The van der Waals surface area contributed by atoms with Crippen LogP contribution in [0.3, 0.4) is 0 Å². The van der Waals surface area contributed by atoms with E-state index in [1.807, 2.05) is 12.3 Å². The van der Waals surface area contributed by atoms with Gasteiger partial charge in [0.1, 0.15) is 11.6 Å². The van der Waals surface area contributed by atoms with Crippen LogP contribution in [-0.4, -0.2) is 12.5 Å². The van der Waals surface area contributed by atoms with Gasteiger partial charge in [-0.15, -0.1) is 11.3 Å². The third-order valence-corrected chi connectivity index (χ3v) is 4.27. The Labute approximate surface area is 120 Å². The molecule has 1 unspecified atom stereocenters. The Hall–Kier alpha value is -1.88. The van der Waals surface area contributed by atoms with Crippen LogP contribution in [0.4, 0.5) is 4.39 Å². The third kappa shape index (κ3) is 2.41. The van der Waals surface area contributed by atoms with Crippen LogP contribution in [0.15, 0.2) is 29.6 Å². The number of hydrogen-bond acceptors (Lipinski definition) is 3. The molecule has 104 valence electrons. The molecular formula is C15H14FNO2S. The molecule has 5 heteroatoms. The molecular weight excluding hydrogens is 277 g/mol. The minimum absolute atomic E-state index is 0.120. The lowest BCUT2D eigenvalue weighted by atomic mass is 10.00. The van der Waals surface area contributed by atoms with Crippen molar-refractivity contribution in [3.63, 3.8) is 0 Å². The van der Waals surface area contributed by atoms with Gasteiger partial charge in [-0.05, 0) is 36.6 Å². The number of thiophene rings is 1. The summed E-state index contributed by atoms with van der Waals surface area (Å²) in [7, 11) is 0. The summed E-state index contributed by atoms with van der Waals surface area (Å²) in [5.74, 6) is 0.205. The van der Waals surface area contributed by atoms with Crippen molar-refractivity contribution in [2.75, 3.05) is 6.61 Å². The minimum Gasteiger partial charge on any atom is -0.493 e. The molecule has 0 aliphatic carbocycles. The molecule has 20 heavy (non-hydrogen) atoms. The zero-order chi connectivity index (χ0) is 14.1. The second-order valence-electron chi connectivity index (χ2n) is 4.74. The number of carbonyl (C=O) groups is 1. The van der Waals surface area contributed by atoms with E-state index in [4.69, 9.17) is 4.74 Å². The summed E-state index contributed by atoms with van der Waals surface area (Å²) in [5.41, 5.74) is 1.39. The van der Waals surface area contributed by atoms with Crippen LogP contribution in [0.1, 0.15) is 33.3 Å². The average molecular weight is 291 g/mol. The summed E-state index contributed by atoms with van der Waals surface area (Å²) in [6, 6.07) is 6.01. The molecule has 0 radical (unpaired) electrons. The van der Waals surface area contributed by atoms with E-state index in [-0.39, 0.29) is 17.8 Å². The first-order valence-corrected chi connectivity index (χ1v) is 7.30. The van der Waals surface area contributed by atoms with Gasteiger partial charge in [-0.2, -0.15) is 0 Å². The van der Waals surface area contributed by atoms with Crippen molar-refractivity contribution in [3.05, 3.63) is 51.5 Å². The van der Waals surface area contributed by atoms with E-state index in [0.29, 0.717) is 29.9 Å². The number of benzene rings is 1. The lowest BCUT2D eigenvalue weighted by Gasteiger charge is -2.26. The molecule has 2 aromatic rings. The molecule has 0 saturated heterocycles. The number of ether oxygens (including phenoxy) is 1. The van der Waals surface area contributed by atoms with E-state index in [0.717, 1.165) is 4.88 Å². The van der Waals surface area contributed by atoms with E-state index in [1.54, 1.807) is 12.1 Å². The molecule has 2 heterocycles. The Morgan fingerprint density at radius 2 is 2.30 bits per heavy atom. The van der Waals surface area contributed by atoms with Crippen molar-refractivity contribution in [1.82, 2.24) is 5.32 Å². The van der Waals surface area contributed by atoms with Gasteiger partial charge in [-0.3, -0.25) is 4.79 Å². The highest BCUT2D eigenvalue weighted by atomic mass is 32.1. The molecule has 1 aromatic heterocycles. The Balaban J connectivity index is 1.85. The first-order valence-electron chi connectivity index (χ1n) is 6.42. The van der Waals surface area contributed by atoms with Crippen molar-refractivity contribution < 1.29 is 13.9 Å². The molecule has 1 atom stereocenters. The zero-order valence-electron chi connectivity index (χ0n) is 11.0. The van der Waals surface area contributed by atoms with Crippen molar-refractivity contribution in [2.24, 2.45) is 0 Å². The molecule has 0 bridgehead atoms. The maximum atomic E-state index is 13.4. The van der Waals surface area contributed by atoms with Crippen LogP contribution in [0.25, 0.3) is 0 Å². The second-order valence-corrected chi connectivity index (χ2v) is 5.86. The Bertz CT molecular complexity index is 653. The number of nitrogens with one attached hydrogen (secondary N) is 1. The zero-order valence-corrected chi connectivity index (χ0v) is 11.8. The van der Waals surface area contributed by atoms with Gasteiger partial charge in [-0.25, -0.2) is 4.39 Å². The van der Waals surface area contributed by atoms with Gasteiger partial charge in [0.2, 0.25) is 0 Å². The van der Waals surface area contributed by atoms with Crippen LogP contribution < -0.4 is 10.1 Å². The molecule has 0 saturated carbocycles. The summed E-state index contributed by atoms with van der Waals surface area (Å²) >= 11 is 1.54. The number of aryl methyl sites for hydroxylation is 1. The van der Waals surface area contributed by atoms with E-state index in [9.17, 15) is 9.18 Å². The maximum Gasteiger partial charge on any atom is 0.252 e. The van der Waals surface area contributed by atoms with Crippen LogP contribution >= 0.6 is 11.3 Å². The Morgan fingerprint density at radius 3 is 3.05 bits per heavy atom. The lowest BCUT2D eigenvalue weighted by molar-refractivity contribution is 0.0924. The van der Waals surface area contributed by atoms with E-state index in [1.165, 1.54) is 23.5 Å². The Morgan fingerprint density at radius 1 is 1.45 bits per heavy atom. The van der Waals surface area contributed by atoms with Crippen LogP contribution in [0.2, 0.25) is 0 Å². The number of amides is 1. The van der Waals surface area contributed by atoms with Gasteiger partial charge in [0.05, 0.1) is 18.2 Å². The van der Waals surface area contributed by atoms with Gasteiger partial charge in [0.25, 0.3) is 5.91 Å². The quantitative estimate of drug-likeness (QED) is 0.920. The topological polar surface area (TPSA) is 38.3 Å². The first-order chi connectivity index (χ1) is 9.65. The molecule has 3 rings (SSSR count). The fourth-order valence-corrected chi connectivity index (χ4v) is 3.07. The Kier molecular flexibility index (Phi) is 3.44. The van der Waals surface area contributed by atoms with E-state index in [2.05, 4.69) is 5.32 Å². The molecule has 1 aromatic carbocycles. The van der Waals surface area contributed by atoms with Crippen LogP contribution in [-0.2, 0) is 0 Å². The monoisotopic (exact) mass is 291 g/mol. The van der Waals surface area contributed by atoms with Gasteiger partial charge in [0.15, 0.2) is 0 Å².